The highest BCUT2D eigenvalue weighted by Gasteiger charge is 2.19. The van der Waals surface area contributed by atoms with Gasteiger partial charge in [-0.15, -0.1) is 0 Å². The van der Waals surface area contributed by atoms with Gasteiger partial charge in [0.2, 0.25) is 0 Å². The zero-order valence-corrected chi connectivity index (χ0v) is 16.2. The summed E-state index contributed by atoms with van der Waals surface area (Å²) in [6, 6.07) is 21.0. The minimum absolute atomic E-state index is 0.429. The first kappa shape index (κ1) is 17.5. The van der Waals surface area contributed by atoms with Gasteiger partial charge >= 0.3 is 0 Å². The standard InChI is InChI=1S/C25H27/c1-16(2)21-14-9-15-22(23-17(3)10-7-11-18(23)4)25(21)24-19(5)12-8-13-20(24)6/h7-13,15-16H,1-6H3. The lowest BCUT2D eigenvalue weighted by Gasteiger charge is -2.22. The predicted octanol–water partition coefficient (Wildman–Crippen LogP) is 7.18. The Hall–Kier alpha value is -2.34. The van der Waals surface area contributed by atoms with E-state index in [-0.39, 0.29) is 0 Å². The second-order valence-electron chi connectivity index (χ2n) is 7.37. The van der Waals surface area contributed by atoms with Crippen molar-refractivity contribution in [3.8, 4) is 22.3 Å². The minimum Gasteiger partial charge on any atom is -0.0617 e. The van der Waals surface area contributed by atoms with Gasteiger partial charge in [-0.05, 0) is 89.8 Å². The van der Waals surface area contributed by atoms with E-state index in [1.807, 2.05) is 0 Å². The van der Waals surface area contributed by atoms with Crippen molar-refractivity contribution < 1.29 is 0 Å². The van der Waals surface area contributed by atoms with Gasteiger partial charge in [0.25, 0.3) is 0 Å². The molecule has 0 bridgehead atoms. The lowest BCUT2D eigenvalue weighted by atomic mass is 9.81. The van der Waals surface area contributed by atoms with Gasteiger partial charge in [-0.3, -0.25) is 0 Å². The first-order chi connectivity index (χ1) is 11.9. The van der Waals surface area contributed by atoms with E-state index < -0.39 is 0 Å². The molecule has 0 aromatic heterocycles. The lowest BCUT2D eigenvalue weighted by Crippen LogP contribution is -2.00. The molecule has 1 radical (unpaired) electrons. The molecule has 0 fully saturated rings. The zero-order valence-electron chi connectivity index (χ0n) is 16.2. The number of benzene rings is 3. The monoisotopic (exact) mass is 327 g/mol. The summed E-state index contributed by atoms with van der Waals surface area (Å²) >= 11 is 0. The van der Waals surface area contributed by atoms with Crippen LogP contribution < -0.4 is 0 Å². The summed E-state index contributed by atoms with van der Waals surface area (Å²) in [6.45, 7) is 13.4. The third-order valence-electron chi connectivity index (χ3n) is 5.09. The van der Waals surface area contributed by atoms with E-state index in [1.54, 1.807) is 0 Å². The predicted molar refractivity (Wildman–Crippen MR) is 109 cm³/mol. The van der Waals surface area contributed by atoms with Crippen LogP contribution in [0.5, 0.6) is 0 Å². The zero-order chi connectivity index (χ0) is 18.1. The van der Waals surface area contributed by atoms with Crippen LogP contribution in [0.1, 0.15) is 47.6 Å². The van der Waals surface area contributed by atoms with E-state index in [4.69, 9.17) is 0 Å². The fourth-order valence-corrected chi connectivity index (χ4v) is 3.90. The van der Waals surface area contributed by atoms with Crippen LogP contribution in [0.2, 0.25) is 0 Å². The maximum atomic E-state index is 3.54. The number of hydrogen-bond acceptors (Lipinski definition) is 0. The van der Waals surface area contributed by atoms with Crippen LogP contribution in [0, 0.1) is 33.8 Å². The highest BCUT2D eigenvalue weighted by atomic mass is 14.2. The molecule has 0 heterocycles. The summed E-state index contributed by atoms with van der Waals surface area (Å²) in [5.74, 6) is 0.429. The molecule has 0 heteroatoms. The van der Waals surface area contributed by atoms with E-state index in [0.717, 1.165) is 0 Å². The summed E-state index contributed by atoms with van der Waals surface area (Å²) in [4.78, 5) is 0. The first-order valence-corrected chi connectivity index (χ1v) is 9.09. The molecular formula is C25H27. The maximum Gasteiger partial charge on any atom is -0.00590 e. The fraction of sp³-hybridized carbons (Fsp3) is 0.280. The van der Waals surface area contributed by atoms with Gasteiger partial charge in [-0.2, -0.15) is 0 Å². The van der Waals surface area contributed by atoms with Crippen LogP contribution in [0.25, 0.3) is 22.3 Å². The molecule has 0 amide bonds. The highest BCUT2D eigenvalue weighted by molar-refractivity contribution is 5.90. The largest absolute Gasteiger partial charge is 0.0617 e. The molecular weight excluding hydrogens is 300 g/mol. The highest BCUT2D eigenvalue weighted by Crippen LogP contribution is 2.42. The van der Waals surface area contributed by atoms with Crippen LogP contribution in [-0.4, -0.2) is 0 Å². The number of hydrogen-bond donors (Lipinski definition) is 0. The van der Waals surface area contributed by atoms with Crippen molar-refractivity contribution >= 4 is 0 Å². The van der Waals surface area contributed by atoms with Gasteiger partial charge in [0, 0.05) is 0 Å². The molecule has 127 valence electrons. The molecule has 0 atom stereocenters. The second kappa shape index (κ2) is 6.88. The molecule has 0 aliphatic carbocycles. The Balaban J connectivity index is 2.45. The number of rotatable bonds is 3. The Labute approximate surface area is 152 Å². The van der Waals surface area contributed by atoms with Gasteiger partial charge in [0.15, 0.2) is 0 Å². The van der Waals surface area contributed by atoms with Gasteiger partial charge in [0.05, 0.1) is 0 Å². The number of aryl methyl sites for hydroxylation is 4. The van der Waals surface area contributed by atoms with Crippen molar-refractivity contribution in [2.45, 2.75) is 47.5 Å². The Morgan fingerprint density at radius 2 is 1.12 bits per heavy atom. The summed E-state index contributed by atoms with van der Waals surface area (Å²) in [5, 5.41) is 0. The van der Waals surface area contributed by atoms with Crippen molar-refractivity contribution in [3.63, 3.8) is 0 Å². The average Bonchev–Trinajstić information content (AvgIpc) is 2.55. The molecule has 0 aliphatic heterocycles. The third kappa shape index (κ3) is 3.14. The summed E-state index contributed by atoms with van der Waals surface area (Å²) < 4.78 is 0. The van der Waals surface area contributed by atoms with Gasteiger partial charge in [0.1, 0.15) is 0 Å². The smallest absolute Gasteiger partial charge is 0.00590 e. The maximum absolute atomic E-state index is 3.54. The Kier molecular flexibility index (Phi) is 4.81. The van der Waals surface area contributed by atoms with Crippen LogP contribution in [0.4, 0.5) is 0 Å². The fourth-order valence-electron chi connectivity index (χ4n) is 3.90. The van der Waals surface area contributed by atoms with E-state index in [0.29, 0.717) is 5.92 Å². The molecule has 0 spiro atoms. The van der Waals surface area contributed by atoms with Crippen LogP contribution in [-0.2, 0) is 0 Å². The van der Waals surface area contributed by atoms with Gasteiger partial charge in [-0.1, -0.05) is 62.4 Å². The summed E-state index contributed by atoms with van der Waals surface area (Å²) in [5.41, 5.74) is 12.0. The van der Waals surface area contributed by atoms with E-state index in [9.17, 15) is 0 Å². The molecule has 25 heavy (non-hydrogen) atoms. The van der Waals surface area contributed by atoms with Crippen molar-refractivity contribution in [1.29, 1.82) is 0 Å². The lowest BCUT2D eigenvalue weighted by molar-refractivity contribution is 0.867. The van der Waals surface area contributed by atoms with Crippen LogP contribution in [0.15, 0.2) is 48.5 Å². The molecule has 0 unspecified atom stereocenters. The van der Waals surface area contributed by atoms with Gasteiger partial charge < -0.3 is 0 Å². The molecule has 0 nitrogen and oxygen atoms in total. The first-order valence-electron chi connectivity index (χ1n) is 9.09. The molecule has 3 rings (SSSR count). The SMILES string of the molecule is Cc1cccc(C)c1-c1cc[c]c(C(C)C)c1-c1c(C)cccc1C. The Morgan fingerprint density at radius 1 is 0.640 bits per heavy atom. The third-order valence-corrected chi connectivity index (χ3v) is 5.09. The molecule has 0 aliphatic rings. The van der Waals surface area contributed by atoms with Gasteiger partial charge in [-0.25, -0.2) is 0 Å². The van der Waals surface area contributed by atoms with Crippen LogP contribution in [0.3, 0.4) is 0 Å². The van der Waals surface area contributed by atoms with Crippen molar-refractivity contribution in [3.05, 3.63) is 82.4 Å². The average molecular weight is 327 g/mol. The molecule has 0 saturated carbocycles. The molecule has 0 saturated heterocycles. The van der Waals surface area contributed by atoms with Crippen LogP contribution >= 0.6 is 0 Å². The van der Waals surface area contributed by atoms with Crippen molar-refractivity contribution in [2.24, 2.45) is 0 Å². The quantitative estimate of drug-likeness (QED) is 0.478. The van der Waals surface area contributed by atoms with E-state index >= 15 is 0 Å². The van der Waals surface area contributed by atoms with E-state index in [1.165, 1.54) is 50.1 Å². The van der Waals surface area contributed by atoms with Crippen molar-refractivity contribution in [2.75, 3.05) is 0 Å². The second-order valence-corrected chi connectivity index (χ2v) is 7.37. The summed E-state index contributed by atoms with van der Waals surface area (Å²) in [6.07, 6.45) is 0. The van der Waals surface area contributed by atoms with E-state index in [2.05, 4.69) is 96.1 Å². The molecule has 3 aromatic carbocycles. The Morgan fingerprint density at radius 3 is 1.60 bits per heavy atom. The summed E-state index contributed by atoms with van der Waals surface area (Å²) in [7, 11) is 0. The minimum atomic E-state index is 0.429. The molecule has 0 N–H and O–H groups in total. The Bertz CT molecular complexity index is 873. The topological polar surface area (TPSA) is 0 Å². The molecule has 3 aromatic rings. The normalized spacial score (nSPS) is 11.2. The van der Waals surface area contributed by atoms with Crippen molar-refractivity contribution in [1.82, 2.24) is 0 Å².